The summed E-state index contributed by atoms with van der Waals surface area (Å²) >= 11 is 3.43. The number of nitrogens with one attached hydrogen (secondary N) is 1. The SMILES string of the molecule is N#Cc1ccc(NC(=O)C2(c3ccc(Br)cc3)CCC2)cc1. The Morgan fingerprint density at radius 3 is 2.23 bits per heavy atom. The molecule has 0 saturated heterocycles. The summed E-state index contributed by atoms with van der Waals surface area (Å²) in [5, 5.41) is 11.8. The molecule has 0 heterocycles. The number of amides is 1. The van der Waals surface area contributed by atoms with E-state index in [2.05, 4.69) is 27.3 Å². The van der Waals surface area contributed by atoms with E-state index in [1.165, 1.54) is 0 Å². The molecule has 22 heavy (non-hydrogen) atoms. The number of carbonyl (C=O) groups excluding carboxylic acids is 1. The molecule has 0 bridgehead atoms. The molecule has 2 aromatic rings. The van der Waals surface area contributed by atoms with Gasteiger partial charge in [-0.3, -0.25) is 4.79 Å². The highest BCUT2D eigenvalue weighted by Gasteiger charge is 2.45. The second-order valence-corrected chi connectivity index (χ2v) is 6.50. The molecule has 2 aromatic carbocycles. The van der Waals surface area contributed by atoms with Gasteiger partial charge in [0.15, 0.2) is 0 Å². The number of nitrogens with zero attached hydrogens (tertiary/aromatic N) is 1. The van der Waals surface area contributed by atoms with Crippen LogP contribution in [0.2, 0.25) is 0 Å². The first-order valence-electron chi connectivity index (χ1n) is 7.22. The number of anilines is 1. The van der Waals surface area contributed by atoms with E-state index in [1.807, 2.05) is 24.3 Å². The summed E-state index contributed by atoms with van der Waals surface area (Å²) in [6.45, 7) is 0. The third kappa shape index (κ3) is 2.65. The van der Waals surface area contributed by atoms with Gasteiger partial charge in [0.05, 0.1) is 17.0 Å². The Bertz CT molecular complexity index is 725. The molecule has 110 valence electrons. The molecule has 1 fully saturated rings. The first-order valence-corrected chi connectivity index (χ1v) is 8.01. The zero-order valence-electron chi connectivity index (χ0n) is 12.0. The Balaban J connectivity index is 1.82. The van der Waals surface area contributed by atoms with Gasteiger partial charge in [0.2, 0.25) is 5.91 Å². The molecule has 0 unspecified atom stereocenters. The fourth-order valence-electron chi connectivity index (χ4n) is 2.82. The minimum Gasteiger partial charge on any atom is -0.325 e. The minimum absolute atomic E-state index is 0.0331. The number of rotatable bonds is 3. The monoisotopic (exact) mass is 354 g/mol. The Morgan fingerprint density at radius 1 is 1.09 bits per heavy atom. The van der Waals surface area contributed by atoms with Crippen LogP contribution in [-0.4, -0.2) is 5.91 Å². The fourth-order valence-corrected chi connectivity index (χ4v) is 3.09. The maximum Gasteiger partial charge on any atom is 0.235 e. The standard InChI is InChI=1S/C18H15BrN2O/c19-15-6-4-14(5-7-15)18(10-1-11-18)17(22)21-16-8-2-13(12-20)3-9-16/h2-9H,1,10-11H2,(H,21,22). The summed E-state index contributed by atoms with van der Waals surface area (Å²) in [4.78, 5) is 12.8. The summed E-state index contributed by atoms with van der Waals surface area (Å²) in [6, 6.07) is 17.0. The molecule has 4 heteroatoms. The predicted molar refractivity (Wildman–Crippen MR) is 89.5 cm³/mol. The van der Waals surface area contributed by atoms with Crippen molar-refractivity contribution < 1.29 is 4.79 Å². The molecule has 3 rings (SSSR count). The number of nitriles is 1. The van der Waals surface area contributed by atoms with Crippen LogP contribution in [0.5, 0.6) is 0 Å². The van der Waals surface area contributed by atoms with Crippen molar-refractivity contribution in [1.82, 2.24) is 0 Å². The highest BCUT2D eigenvalue weighted by Crippen LogP contribution is 2.44. The van der Waals surface area contributed by atoms with Gasteiger partial charge in [0.1, 0.15) is 0 Å². The molecule has 1 N–H and O–H groups in total. The van der Waals surface area contributed by atoms with Crippen molar-refractivity contribution >= 4 is 27.5 Å². The van der Waals surface area contributed by atoms with Gasteiger partial charge < -0.3 is 5.32 Å². The van der Waals surface area contributed by atoms with Gasteiger partial charge in [-0.05, 0) is 54.8 Å². The fraction of sp³-hybridized carbons (Fsp3) is 0.222. The summed E-state index contributed by atoms with van der Waals surface area (Å²) in [7, 11) is 0. The molecule has 0 aromatic heterocycles. The van der Waals surface area contributed by atoms with Crippen LogP contribution in [0, 0.1) is 11.3 Å². The summed E-state index contributed by atoms with van der Waals surface area (Å²) in [5.41, 5.74) is 1.96. The lowest BCUT2D eigenvalue weighted by Gasteiger charge is -2.40. The van der Waals surface area contributed by atoms with E-state index in [0.29, 0.717) is 5.56 Å². The maximum atomic E-state index is 12.8. The van der Waals surface area contributed by atoms with E-state index in [4.69, 9.17) is 5.26 Å². The van der Waals surface area contributed by atoms with Crippen molar-refractivity contribution in [2.24, 2.45) is 0 Å². The van der Waals surface area contributed by atoms with Crippen LogP contribution in [0.4, 0.5) is 5.69 Å². The number of carbonyl (C=O) groups is 1. The molecule has 0 aliphatic heterocycles. The van der Waals surface area contributed by atoms with E-state index in [-0.39, 0.29) is 5.91 Å². The van der Waals surface area contributed by atoms with Crippen molar-refractivity contribution in [3.05, 3.63) is 64.1 Å². The van der Waals surface area contributed by atoms with Crippen molar-refractivity contribution in [2.45, 2.75) is 24.7 Å². The molecule has 3 nitrogen and oxygen atoms in total. The highest BCUT2D eigenvalue weighted by atomic mass is 79.9. The van der Waals surface area contributed by atoms with E-state index in [0.717, 1.165) is 35.0 Å². The Kier molecular flexibility index (Phi) is 4.00. The molecular formula is C18H15BrN2O. The number of hydrogen-bond acceptors (Lipinski definition) is 2. The van der Waals surface area contributed by atoms with Gasteiger partial charge in [0.25, 0.3) is 0 Å². The van der Waals surface area contributed by atoms with E-state index in [9.17, 15) is 4.79 Å². The smallest absolute Gasteiger partial charge is 0.235 e. The first kappa shape index (κ1) is 14.8. The largest absolute Gasteiger partial charge is 0.325 e. The molecular weight excluding hydrogens is 340 g/mol. The summed E-state index contributed by atoms with van der Waals surface area (Å²) in [5.74, 6) is 0.0331. The molecule has 1 aliphatic carbocycles. The third-order valence-electron chi connectivity index (χ3n) is 4.31. The first-order chi connectivity index (χ1) is 10.6. The zero-order chi connectivity index (χ0) is 15.6. The number of benzene rings is 2. The topological polar surface area (TPSA) is 52.9 Å². The maximum absolute atomic E-state index is 12.8. The van der Waals surface area contributed by atoms with Gasteiger partial charge in [0, 0.05) is 10.2 Å². The normalized spacial score (nSPS) is 15.5. The van der Waals surface area contributed by atoms with Crippen LogP contribution in [0.1, 0.15) is 30.4 Å². The predicted octanol–water partition coefficient (Wildman–Crippen LogP) is 4.38. The van der Waals surface area contributed by atoms with Gasteiger partial charge in [-0.1, -0.05) is 34.5 Å². The summed E-state index contributed by atoms with van der Waals surface area (Å²) in [6.07, 6.45) is 2.81. The van der Waals surface area contributed by atoms with E-state index >= 15 is 0 Å². The lowest BCUT2D eigenvalue weighted by molar-refractivity contribution is -0.124. The van der Waals surface area contributed by atoms with Gasteiger partial charge >= 0.3 is 0 Å². The van der Waals surface area contributed by atoms with Gasteiger partial charge in [-0.2, -0.15) is 5.26 Å². The Morgan fingerprint density at radius 2 is 1.73 bits per heavy atom. The molecule has 0 atom stereocenters. The van der Waals surface area contributed by atoms with Gasteiger partial charge in [-0.15, -0.1) is 0 Å². The van der Waals surface area contributed by atoms with Crippen molar-refractivity contribution in [3.8, 4) is 6.07 Å². The second-order valence-electron chi connectivity index (χ2n) is 5.59. The average molecular weight is 355 g/mol. The Hall–Kier alpha value is -2.12. The lowest BCUT2D eigenvalue weighted by Crippen LogP contribution is -2.45. The van der Waals surface area contributed by atoms with Crippen molar-refractivity contribution in [2.75, 3.05) is 5.32 Å². The number of halogens is 1. The lowest BCUT2D eigenvalue weighted by atomic mass is 9.64. The van der Waals surface area contributed by atoms with Crippen molar-refractivity contribution in [3.63, 3.8) is 0 Å². The highest BCUT2D eigenvalue weighted by molar-refractivity contribution is 9.10. The van der Waals surface area contributed by atoms with Crippen LogP contribution in [-0.2, 0) is 10.2 Å². The Labute approximate surface area is 138 Å². The van der Waals surface area contributed by atoms with Crippen molar-refractivity contribution in [1.29, 1.82) is 5.26 Å². The quantitative estimate of drug-likeness (QED) is 0.888. The third-order valence-corrected chi connectivity index (χ3v) is 4.84. The van der Waals surface area contributed by atoms with Gasteiger partial charge in [-0.25, -0.2) is 0 Å². The average Bonchev–Trinajstić information content (AvgIpc) is 2.49. The summed E-state index contributed by atoms with van der Waals surface area (Å²) < 4.78 is 1.01. The van der Waals surface area contributed by atoms with E-state index in [1.54, 1.807) is 24.3 Å². The number of hydrogen-bond donors (Lipinski definition) is 1. The van der Waals surface area contributed by atoms with E-state index < -0.39 is 5.41 Å². The molecule has 1 amide bonds. The van der Waals surface area contributed by atoms with Crippen LogP contribution in [0.15, 0.2) is 53.0 Å². The second kappa shape index (κ2) is 5.94. The molecule has 0 spiro atoms. The zero-order valence-corrected chi connectivity index (χ0v) is 13.6. The van der Waals surface area contributed by atoms with Crippen LogP contribution in [0.3, 0.4) is 0 Å². The van der Waals surface area contributed by atoms with Crippen LogP contribution < -0.4 is 5.32 Å². The molecule has 1 saturated carbocycles. The molecule has 0 radical (unpaired) electrons. The van der Waals surface area contributed by atoms with Crippen LogP contribution in [0.25, 0.3) is 0 Å². The molecule has 1 aliphatic rings. The minimum atomic E-state index is -0.422. The van der Waals surface area contributed by atoms with Crippen LogP contribution >= 0.6 is 15.9 Å².